The van der Waals surface area contributed by atoms with Gasteiger partial charge in [0.1, 0.15) is 12.4 Å². The molecule has 116 valence electrons. The topological polar surface area (TPSA) is 74.3 Å². The van der Waals surface area contributed by atoms with Gasteiger partial charge in [-0.05, 0) is 36.1 Å². The Balaban J connectivity index is 2.19. The second-order valence-electron chi connectivity index (χ2n) is 5.86. The number of hydrogen-bond acceptors (Lipinski definition) is 5. The molecule has 0 aliphatic rings. The Labute approximate surface area is 125 Å². The highest BCUT2D eigenvalue weighted by Crippen LogP contribution is 2.16. The number of tetrazole rings is 1. The number of aromatic nitrogens is 7. The summed E-state index contributed by atoms with van der Waals surface area (Å²) >= 11 is 0. The predicted octanol–water partition coefficient (Wildman–Crippen LogP) is 2.26. The maximum atomic E-state index is 4.73. The van der Waals surface area contributed by atoms with Crippen molar-refractivity contribution in [3.05, 3.63) is 18.0 Å². The first-order valence-corrected chi connectivity index (χ1v) is 7.77. The molecule has 2 aromatic heterocycles. The number of rotatable bonds is 8. The first-order valence-electron chi connectivity index (χ1n) is 7.77. The van der Waals surface area contributed by atoms with Crippen LogP contribution in [0.25, 0.3) is 0 Å². The lowest BCUT2D eigenvalue weighted by atomic mass is 10.1. The summed E-state index contributed by atoms with van der Waals surface area (Å²) in [6.07, 6.45) is 5.89. The average molecular weight is 291 g/mol. The molecule has 0 aliphatic carbocycles. The minimum absolute atomic E-state index is 0.00263. The van der Waals surface area contributed by atoms with Crippen molar-refractivity contribution in [3.8, 4) is 0 Å². The number of nitrogens with zero attached hydrogens (tertiary/aromatic N) is 7. The van der Waals surface area contributed by atoms with Crippen LogP contribution in [-0.4, -0.2) is 35.0 Å². The molecule has 0 radical (unpaired) electrons. The van der Waals surface area contributed by atoms with E-state index in [2.05, 4.69) is 48.3 Å². The Morgan fingerprint density at radius 3 is 2.67 bits per heavy atom. The molecule has 0 fully saturated rings. The molecule has 0 aliphatic heterocycles. The molecule has 0 saturated carbocycles. The van der Waals surface area contributed by atoms with E-state index in [4.69, 9.17) is 4.98 Å². The lowest BCUT2D eigenvalue weighted by molar-refractivity contribution is 0.461. The molecule has 0 unspecified atom stereocenters. The third-order valence-electron chi connectivity index (χ3n) is 3.55. The molecule has 2 heterocycles. The lowest BCUT2D eigenvalue weighted by Gasteiger charge is -2.11. The van der Waals surface area contributed by atoms with Gasteiger partial charge in [-0.1, -0.05) is 27.2 Å². The average Bonchev–Trinajstić information content (AvgIpc) is 3.11. The van der Waals surface area contributed by atoms with E-state index < -0.39 is 0 Å². The second-order valence-corrected chi connectivity index (χ2v) is 5.86. The van der Waals surface area contributed by atoms with Crippen molar-refractivity contribution in [2.75, 3.05) is 0 Å². The SMILES string of the molecule is CCCCn1nc(CCC(C)C)nc1[C@H](C)n1cnnn1. The molecule has 1 atom stereocenters. The predicted molar refractivity (Wildman–Crippen MR) is 79.7 cm³/mol. The summed E-state index contributed by atoms with van der Waals surface area (Å²) < 4.78 is 3.74. The Morgan fingerprint density at radius 1 is 1.24 bits per heavy atom. The number of unbranched alkanes of at least 4 members (excludes halogenated alkanes) is 1. The van der Waals surface area contributed by atoms with E-state index in [1.807, 2.05) is 4.68 Å². The highest BCUT2D eigenvalue weighted by molar-refractivity contribution is 4.99. The van der Waals surface area contributed by atoms with Crippen molar-refractivity contribution in [2.24, 2.45) is 5.92 Å². The van der Waals surface area contributed by atoms with Crippen LogP contribution >= 0.6 is 0 Å². The highest BCUT2D eigenvalue weighted by Gasteiger charge is 2.18. The van der Waals surface area contributed by atoms with Crippen molar-refractivity contribution in [1.82, 2.24) is 35.0 Å². The minimum Gasteiger partial charge on any atom is -0.248 e. The molecule has 21 heavy (non-hydrogen) atoms. The van der Waals surface area contributed by atoms with Crippen LogP contribution in [-0.2, 0) is 13.0 Å². The molecule has 7 heteroatoms. The van der Waals surface area contributed by atoms with Gasteiger partial charge in [-0.3, -0.25) is 0 Å². The van der Waals surface area contributed by atoms with Gasteiger partial charge < -0.3 is 0 Å². The largest absolute Gasteiger partial charge is 0.248 e. The fourth-order valence-electron chi connectivity index (χ4n) is 2.17. The van der Waals surface area contributed by atoms with Gasteiger partial charge in [0.05, 0.1) is 0 Å². The van der Waals surface area contributed by atoms with Gasteiger partial charge in [-0.15, -0.1) is 5.10 Å². The van der Waals surface area contributed by atoms with Crippen molar-refractivity contribution >= 4 is 0 Å². The molecule has 0 bridgehead atoms. The third kappa shape index (κ3) is 4.09. The summed E-state index contributed by atoms with van der Waals surface area (Å²) in [6.45, 7) is 9.57. The zero-order valence-electron chi connectivity index (χ0n) is 13.4. The summed E-state index contributed by atoms with van der Waals surface area (Å²) in [7, 11) is 0. The summed E-state index contributed by atoms with van der Waals surface area (Å²) in [6, 6.07) is -0.00263. The van der Waals surface area contributed by atoms with E-state index in [0.717, 1.165) is 43.9 Å². The van der Waals surface area contributed by atoms with E-state index in [9.17, 15) is 0 Å². The van der Waals surface area contributed by atoms with Crippen molar-refractivity contribution in [1.29, 1.82) is 0 Å². The fraction of sp³-hybridized carbons (Fsp3) is 0.786. The smallest absolute Gasteiger partial charge is 0.151 e. The molecule has 0 amide bonds. The van der Waals surface area contributed by atoms with Crippen molar-refractivity contribution < 1.29 is 0 Å². The van der Waals surface area contributed by atoms with Gasteiger partial charge in [-0.2, -0.15) is 5.10 Å². The van der Waals surface area contributed by atoms with Crippen molar-refractivity contribution in [2.45, 2.75) is 66.0 Å². The molecule has 0 spiro atoms. The van der Waals surface area contributed by atoms with Crippen LogP contribution in [0.3, 0.4) is 0 Å². The summed E-state index contributed by atoms with van der Waals surface area (Å²) in [5, 5.41) is 16.0. The zero-order chi connectivity index (χ0) is 15.2. The van der Waals surface area contributed by atoms with Gasteiger partial charge in [0.15, 0.2) is 11.6 Å². The summed E-state index contributed by atoms with van der Waals surface area (Å²) in [5.41, 5.74) is 0. The molecule has 2 aromatic rings. The monoisotopic (exact) mass is 291 g/mol. The van der Waals surface area contributed by atoms with Gasteiger partial charge >= 0.3 is 0 Å². The van der Waals surface area contributed by atoms with E-state index in [1.165, 1.54) is 0 Å². The van der Waals surface area contributed by atoms with Crippen molar-refractivity contribution in [3.63, 3.8) is 0 Å². The maximum Gasteiger partial charge on any atom is 0.151 e. The van der Waals surface area contributed by atoms with Gasteiger partial charge in [-0.25, -0.2) is 14.3 Å². The molecule has 2 rings (SSSR count). The first-order chi connectivity index (χ1) is 10.1. The van der Waals surface area contributed by atoms with Crippen LogP contribution in [0.4, 0.5) is 0 Å². The highest BCUT2D eigenvalue weighted by atomic mass is 15.5. The van der Waals surface area contributed by atoms with Gasteiger partial charge in [0, 0.05) is 13.0 Å². The minimum atomic E-state index is -0.00263. The quantitative estimate of drug-likeness (QED) is 0.746. The maximum absolute atomic E-state index is 4.73. The molecule has 0 saturated heterocycles. The van der Waals surface area contributed by atoms with E-state index >= 15 is 0 Å². The molecular weight excluding hydrogens is 266 g/mol. The summed E-state index contributed by atoms with van der Waals surface area (Å²) in [4.78, 5) is 4.73. The molecule has 7 nitrogen and oxygen atoms in total. The normalized spacial score (nSPS) is 13.0. The van der Waals surface area contributed by atoms with E-state index in [1.54, 1.807) is 11.0 Å². The Hall–Kier alpha value is -1.79. The Kier molecular flexibility index (Phi) is 5.41. The van der Waals surface area contributed by atoms with Gasteiger partial charge in [0.25, 0.3) is 0 Å². The van der Waals surface area contributed by atoms with Gasteiger partial charge in [0.2, 0.25) is 0 Å². The van der Waals surface area contributed by atoms with Crippen LogP contribution < -0.4 is 0 Å². The van der Waals surface area contributed by atoms with Crippen LogP contribution in [0, 0.1) is 5.92 Å². The number of hydrogen-bond donors (Lipinski definition) is 0. The lowest BCUT2D eigenvalue weighted by Crippen LogP contribution is -2.15. The van der Waals surface area contributed by atoms with Crippen LogP contribution in [0.2, 0.25) is 0 Å². The van der Waals surface area contributed by atoms with E-state index in [0.29, 0.717) is 5.92 Å². The second kappa shape index (κ2) is 7.28. The van der Waals surface area contributed by atoms with Crippen LogP contribution in [0.5, 0.6) is 0 Å². The zero-order valence-corrected chi connectivity index (χ0v) is 13.4. The molecular formula is C14H25N7. The van der Waals surface area contributed by atoms with Crippen LogP contribution in [0.15, 0.2) is 6.33 Å². The summed E-state index contributed by atoms with van der Waals surface area (Å²) in [5.74, 6) is 2.53. The standard InChI is InChI=1S/C14H25N7/c1-5-6-9-20-14(12(4)21-10-15-18-19-21)16-13(17-20)8-7-11(2)3/h10-12H,5-9H2,1-4H3/t12-/m0/s1. The Morgan fingerprint density at radius 2 is 2.05 bits per heavy atom. The van der Waals surface area contributed by atoms with E-state index in [-0.39, 0.29) is 6.04 Å². The molecule has 0 N–H and O–H groups in total. The van der Waals surface area contributed by atoms with Crippen LogP contribution in [0.1, 0.15) is 64.6 Å². The fourth-order valence-corrected chi connectivity index (χ4v) is 2.17. The molecule has 0 aromatic carbocycles. The Bertz CT molecular complexity index is 530. The first kappa shape index (κ1) is 15.6. The third-order valence-corrected chi connectivity index (χ3v) is 3.55. The number of aryl methyl sites for hydroxylation is 2.